The molecule has 0 aromatic rings. The van der Waals surface area contributed by atoms with Gasteiger partial charge in [-0.3, -0.25) is 0 Å². The van der Waals surface area contributed by atoms with E-state index in [0.717, 1.165) is 0 Å². The second-order valence-electron chi connectivity index (χ2n) is 0. The topological polar surface area (TPSA) is 31.5 Å². The summed E-state index contributed by atoms with van der Waals surface area (Å²) in [5.41, 5.74) is 0. The van der Waals surface area contributed by atoms with Gasteiger partial charge >= 0.3 is 0 Å². The first kappa shape index (κ1) is 132. The van der Waals surface area contributed by atoms with Crippen molar-refractivity contribution in [2.24, 2.45) is 0 Å². The van der Waals surface area contributed by atoms with Gasteiger partial charge in [0, 0.05) is 28.0 Å². The van der Waals surface area contributed by atoms with Crippen molar-refractivity contribution in [3.8, 4) is 0 Å². The van der Waals surface area contributed by atoms with Crippen molar-refractivity contribution in [3.63, 3.8) is 0 Å². The first-order valence-corrected chi connectivity index (χ1v) is 0. The molecule has 4 radical (unpaired) electrons. The van der Waals surface area contributed by atoms with Gasteiger partial charge in [0.05, 0.1) is 0 Å². The summed E-state index contributed by atoms with van der Waals surface area (Å²) >= 11 is 0. The molecule has 0 spiro atoms. The van der Waals surface area contributed by atoms with Gasteiger partial charge in [0.1, 0.15) is 0 Å². The summed E-state index contributed by atoms with van der Waals surface area (Å²) in [4.78, 5) is 0. The summed E-state index contributed by atoms with van der Waals surface area (Å²) in [7, 11) is 0. The molecule has 0 aliphatic rings. The Morgan fingerprint density at radius 2 is 1.00 bits per heavy atom. The first-order valence-electron chi connectivity index (χ1n) is 0. The predicted octanol–water partition coefficient (Wildman–Crippen LogP) is -0.572. The van der Waals surface area contributed by atoms with Gasteiger partial charge in [0.2, 0.25) is 0 Å². The van der Waals surface area contributed by atoms with E-state index in [-0.39, 0.29) is 40.9 Å². The fourth-order valence-electron chi connectivity index (χ4n) is 0. The van der Waals surface area contributed by atoms with Crippen LogP contribution in [0, 0.1) is 0 Å². The maximum atomic E-state index is 0. The van der Waals surface area contributed by atoms with Gasteiger partial charge in [0.25, 0.3) is 0 Å². The molecule has 1 nitrogen and oxygen atoms in total. The van der Waals surface area contributed by atoms with Crippen molar-refractivity contribution in [1.29, 1.82) is 0 Å². The maximum absolute atomic E-state index is 0. The molecule has 0 heterocycles. The van der Waals surface area contributed by atoms with E-state index in [1.165, 1.54) is 0 Å². The van der Waals surface area contributed by atoms with Crippen LogP contribution in [0.5, 0.6) is 0 Å². The van der Waals surface area contributed by atoms with E-state index in [1.54, 1.807) is 0 Å². The molecule has 0 amide bonds. The Balaban J connectivity index is 0. The minimum atomic E-state index is 0. The molecular formula is CH6FeOSi. The minimum Gasteiger partial charge on any atom is -0.412 e. The van der Waals surface area contributed by atoms with Gasteiger partial charge in [-0.1, -0.05) is 7.43 Å². The number of rotatable bonds is 0. The summed E-state index contributed by atoms with van der Waals surface area (Å²) < 4.78 is 0. The number of hydrogen-bond donors (Lipinski definition) is 0. The molecule has 0 aromatic heterocycles. The second-order valence-corrected chi connectivity index (χ2v) is 0. The summed E-state index contributed by atoms with van der Waals surface area (Å²) in [5, 5.41) is 0. The Morgan fingerprint density at radius 3 is 1.00 bits per heavy atom. The second kappa shape index (κ2) is 55.4. The first-order chi connectivity index (χ1) is 0. The average molecular weight is 118 g/mol. The zero-order valence-electron chi connectivity index (χ0n) is 1.35. The molecule has 4 heavy (non-hydrogen) atoms. The van der Waals surface area contributed by atoms with E-state index in [9.17, 15) is 0 Å². The van der Waals surface area contributed by atoms with Crippen LogP contribution in [0.25, 0.3) is 0 Å². The third-order valence-electron chi connectivity index (χ3n) is 0. The van der Waals surface area contributed by atoms with Crippen molar-refractivity contribution in [2.45, 2.75) is 7.43 Å². The van der Waals surface area contributed by atoms with Crippen LogP contribution in [0.4, 0.5) is 0 Å². The smallest absolute Gasteiger partial charge is 0 e. The molecule has 0 aromatic carbocycles. The fourth-order valence-corrected chi connectivity index (χ4v) is 0. The van der Waals surface area contributed by atoms with E-state index in [0.29, 0.717) is 0 Å². The van der Waals surface area contributed by atoms with Gasteiger partial charge in [0.15, 0.2) is 0 Å². The van der Waals surface area contributed by atoms with Crippen molar-refractivity contribution in [1.82, 2.24) is 0 Å². The van der Waals surface area contributed by atoms with Gasteiger partial charge in [-0.25, -0.2) is 0 Å². The van der Waals surface area contributed by atoms with Gasteiger partial charge in [-0.2, -0.15) is 0 Å². The minimum absolute atomic E-state index is 0. The average Bonchev–Trinajstić information content (AvgIpc) is 0. The molecule has 0 atom stereocenters. The van der Waals surface area contributed by atoms with Gasteiger partial charge in [-0.05, 0) is 0 Å². The molecule has 2 N–H and O–H groups in total. The normalized spacial score (nSPS) is 0. The Kier molecular flexibility index (Phi) is 1830. The molecule has 3 heteroatoms. The Hall–Kier alpha value is 0.696. The molecule has 0 rings (SSSR count). The van der Waals surface area contributed by atoms with Crippen LogP contribution in [-0.4, -0.2) is 16.4 Å². The monoisotopic (exact) mass is 118 g/mol. The van der Waals surface area contributed by atoms with Crippen molar-refractivity contribution >= 4 is 11.0 Å². The Morgan fingerprint density at radius 1 is 1.00 bits per heavy atom. The summed E-state index contributed by atoms with van der Waals surface area (Å²) in [5.74, 6) is 0. The third-order valence-corrected chi connectivity index (χ3v) is 0. The molecule has 0 saturated carbocycles. The van der Waals surface area contributed by atoms with Crippen LogP contribution in [0.15, 0.2) is 0 Å². The molecule has 0 aliphatic heterocycles. The molecule has 0 saturated heterocycles. The SMILES string of the molecule is C.O.[Fe].[Si]. The van der Waals surface area contributed by atoms with Crippen LogP contribution >= 0.6 is 0 Å². The Bertz CT molecular complexity index is 8.00. The van der Waals surface area contributed by atoms with Gasteiger partial charge < -0.3 is 5.48 Å². The van der Waals surface area contributed by atoms with E-state index < -0.39 is 0 Å². The number of hydrogen-bond acceptors (Lipinski definition) is 0. The molecular weight excluding hydrogens is 112 g/mol. The molecule has 0 aliphatic carbocycles. The molecule has 0 fully saturated rings. The standard InChI is InChI=1S/CH4.Fe.H2O.Si/h1H4;;1H2;. The van der Waals surface area contributed by atoms with Crippen LogP contribution in [0.2, 0.25) is 0 Å². The molecule has 0 bridgehead atoms. The molecule has 0 unspecified atom stereocenters. The van der Waals surface area contributed by atoms with Crippen LogP contribution in [0.3, 0.4) is 0 Å². The fraction of sp³-hybridized carbons (Fsp3) is 1.00. The predicted molar refractivity (Wildman–Crippen MR) is 16.1 cm³/mol. The zero-order valence-corrected chi connectivity index (χ0v) is 3.46. The Labute approximate surface area is 41.6 Å². The van der Waals surface area contributed by atoms with E-state index >= 15 is 0 Å². The van der Waals surface area contributed by atoms with E-state index in [1.807, 2.05) is 0 Å². The maximum Gasteiger partial charge on any atom is 0 e. The van der Waals surface area contributed by atoms with E-state index in [2.05, 4.69) is 0 Å². The quantitative estimate of drug-likeness (QED) is 0.381. The van der Waals surface area contributed by atoms with E-state index in [4.69, 9.17) is 0 Å². The van der Waals surface area contributed by atoms with Crippen molar-refractivity contribution < 1.29 is 22.5 Å². The summed E-state index contributed by atoms with van der Waals surface area (Å²) in [6.45, 7) is 0. The van der Waals surface area contributed by atoms with Crippen LogP contribution < -0.4 is 0 Å². The van der Waals surface area contributed by atoms with Gasteiger partial charge in [-0.15, -0.1) is 0 Å². The largest absolute Gasteiger partial charge is 0.412 e. The van der Waals surface area contributed by atoms with Crippen molar-refractivity contribution in [3.05, 3.63) is 0 Å². The van der Waals surface area contributed by atoms with Crippen molar-refractivity contribution in [2.75, 3.05) is 0 Å². The summed E-state index contributed by atoms with van der Waals surface area (Å²) in [6, 6.07) is 0. The molecule has 28 valence electrons. The summed E-state index contributed by atoms with van der Waals surface area (Å²) in [6.07, 6.45) is 0. The third kappa shape index (κ3) is 16.0. The zero-order chi connectivity index (χ0) is 0. The van der Waals surface area contributed by atoms with Crippen LogP contribution in [-0.2, 0) is 17.1 Å². The van der Waals surface area contributed by atoms with Crippen LogP contribution in [0.1, 0.15) is 7.43 Å².